The van der Waals surface area contributed by atoms with Crippen LogP contribution in [0.4, 0.5) is 14.5 Å². The molecule has 32 heavy (non-hydrogen) atoms. The van der Waals surface area contributed by atoms with Crippen molar-refractivity contribution in [2.45, 2.75) is 32.2 Å². The van der Waals surface area contributed by atoms with Crippen LogP contribution in [-0.4, -0.2) is 25.4 Å². The van der Waals surface area contributed by atoms with Crippen LogP contribution in [0.15, 0.2) is 55.2 Å². The van der Waals surface area contributed by atoms with Gasteiger partial charge in [-0.15, -0.1) is 0 Å². The van der Waals surface area contributed by atoms with Crippen molar-refractivity contribution < 1.29 is 13.6 Å². The Morgan fingerprint density at radius 2 is 1.91 bits per heavy atom. The van der Waals surface area contributed by atoms with Gasteiger partial charge < -0.3 is 14.5 Å². The van der Waals surface area contributed by atoms with Crippen LogP contribution in [0.5, 0.6) is 0 Å². The standard InChI is InChI=1S/C24H21F2N5O/c1-13-8-15(30-10-20(23(25)26)29-12-30)4-6-17(13)22-21(14-2-3-14)24(32)31(22)16-5-7-18-19(9-16)28-11-27-18/h4-12,14,21-23H,2-3H2,1H3,(H,27,28)/t21-,22+/m1/s1. The molecule has 6 rings (SSSR count). The smallest absolute Gasteiger partial charge is 0.281 e. The molecule has 0 spiro atoms. The molecule has 1 aliphatic heterocycles. The van der Waals surface area contributed by atoms with E-state index in [1.54, 1.807) is 10.9 Å². The number of aromatic nitrogens is 4. The number of aromatic amines is 1. The average molecular weight is 433 g/mol. The monoisotopic (exact) mass is 433 g/mol. The van der Waals surface area contributed by atoms with E-state index in [2.05, 4.69) is 15.0 Å². The Hall–Kier alpha value is -3.55. The highest BCUT2D eigenvalue weighted by atomic mass is 19.3. The number of hydrogen-bond donors (Lipinski definition) is 1. The molecule has 0 bridgehead atoms. The van der Waals surface area contributed by atoms with Gasteiger partial charge >= 0.3 is 0 Å². The van der Waals surface area contributed by atoms with Gasteiger partial charge in [-0.25, -0.2) is 18.7 Å². The number of rotatable bonds is 5. The molecule has 0 unspecified atom stereocenters. The number of H-pyrrole nitrogens is 1. The van der Waals surface area contributed by atoms with Gasteiger partial charge in [0, 0.05) is 17.6 Å². The predicted octanol–water partition coefficient (Wildman–Crippen LogP) is 5.11. The van der Waals surface area contributed by atoms with Crippen LogP contribution in [0, 0.1) is 18.8 Å². The molecule has 1 amide bonds. The fraction of sp³-hybridized carbons (Fsp3) is 0.292. The zero-order valence-corrected chi connectivity index (χ0v) is 17.4. The zero-order chi connectivity index (χ0) is 22.0. The summed E-state index contributed by atoms with van der Waals surface area (Å²) in [6.07, 6.45) is 3.97. The lowest BCUT2D eigenvalue weighted by Gasteiger charge is -2.48. The Morgan fingerprint density at radius 1 is 1.09 bits per heavy atom. The molecule has 2 atom stereocenters. The molecule has 8 heteroatoms. The average Bonchev–Trinajstić information content (AvgIpc) is 3.26. The maximum absolute atomic E-state index is 13.2. The van der Waals surface area contributed by atoms with Crippen molar-refractivity contribution in [2.75, 3.05) is 4.90 Å². The van der Waals surface area contributed by atoms with E-state index < -0.39 is 6.43 Å². The number of carbonyl (C=O) groups is 1. The zero-order valence-electron chi connectivity index (χ0n) is 17.4. The third-order valence-corrected chi connectivity index (χ3v) is 6.65. The van der Waals surface area contributed by atoms with Crippen LogP contribution in [0.3, 0.4) is 0 Å². The minimum absolute atomic E-state index is 0.0203. The number of imidazole rings is 2. The lowest BCUT2D eigenvalue weighted by molar-refractivity contribution is -0.131. The molecular weight excluding hydrogens is 412 g/mol. The number of aryl methyl sites for hydroxylation is 1. The lowest BCUT2D eigenvalue weighted by atomic mass is 9.77. The number of nitrogens with one attached hydrogen (secondary N) is 1. The van der Waals surface area contributed by atoms with E-state index in [1.807, 2.05) is 48.2 Å². The summed E-state index contributed by atoms with van der Waals surface area (Å²) in [5.74, 6) is 0.569. The number of fused-ring (bicyclic) bond motifs is 1. The van der Waals surface area contributed by atoms with Gasteiger partial charge in [-0.2, -0.15) is 0 Å². The molecule has 162 valence electrons. The Kier molecular flexibility index (Phi) is 4.18. The Balaban J connectivity index is 1.37. The maximum Gasteiger partial charge on any atom is 0.281 e. The second-order valence-electron chi connectivity index (χ2n) is 8.67. The van der Waals surface area contributed by atoms with Crippen LogP contribution in [0.25, 0.3) is 16.7 Å². The van der Waals surface area contributed by atoms with Crippen molar-refractivity contribution in [1.82, 2.24) is 19.5 Å². The Bertz CT molecular complexity index is 1340. The summed E-state index contributed by atoms with van der Waals surface area (Å²) in [6, 6.07) is 11.7. The Labute approximate surface area is 182 Å². The van der Waals surface area contributed by atoms with E-state index in [1.165, 1.54) is 12.5 Å². The summed E-state index contributed by atoms with van der Waals surface area (Å²) >= 11 is 0. The number of halogens is 2. The molecule has 2 aliphatic rings. The van der Waals surface area contributed by atoms with Crippen molar-refractivity contribution in [3.8, 4) is 5.69 Å². The van der Waals surface area contributed by atoms with Gasteiger partial charge in [0.1, 0.15) is 5.69 Å². The molecule has 4 aromatic rings. The fourth-order valence-corrected chi connectivity index (χ4v) is 4.86. The van der Waals surface area contributed by atoms with E-state index in [0.29, 0.717) is 5.92 Å². The van der Waals surface area contributed by atoms with E-state index in [0.717, 1.165) is 46.4 Å². The number of β-lactam (4-membered cyclic amide) rings is 1. The first-order chi connectivity index (χ1) is 15.5. The van der Waals surface area contributed by atoms with Gasteiger partial charge in [0.2, 0.25) is 5.91 Å². The van der Waals surface area contributed by atoms with Crippen LogP contribution in [0.1, 0.15) is 42.1 Å². The number of benzene rings is 2. The summed E-state index contributed by atoms with van der Waals surface area (Å²) in [6.45, 7) is 2.01. The first-order valence-corrected chi connectivity index (χ1v) is 10.7. The third-order valence-electron chi connectivity index (χ3n) is 6.65. The minimum atomic E-state index is -2.60. The maximum atomic E-state index is 13.2. The Morgan fingerprint density at radius 3 is 2.62 bits per heavy atom. The van der Waals surface area contributed by atoms with Crippen LogP contribution < -0.4 is 4.90 Å². The topological polar surface area (TPSA) is 66.8 Å². The largest absolute Gasteiger partial charge is 0.345 e. The molecule has 1 saturated heterocycles. The van der Waals surface area contributed by atoms with E-state index in [9.17, 15) is 13.6 Å². The molecular formula is C24H21F2N5O. The predicted molar refractivity (Wildman–Crippen MR) is 116 cm³/mol. The summed E-state index contributed by atoms with van der Waals surface area (Å²) in [4.78, 5) is 26.3. The van der Waals surface area contributed by atoms with Gasteiger partial charge in [0.15, 0.2) is 0 Å². The highest BCUT2D eigenvalue weighted by Gasteiger charge is 2.55. The van der Waals surface area contributed by atoms with Crippen LogP contribution in [-0.2, 0) is 4.79 Å². The molecule has 1 aliphatic carbocycles. The number of anilines is 1. The summed E-state index contributed by atoms with van der Waals surface area (Å²) in [7, 11) is 0. The summed E-state index contributed by atoms with van der Waals surface area (Å²) < 4.78 is 27.4. The van der Waals surface area contributed by atoms with Gasteiger partial charge in [0.05, 0.1) is 35.6 Å². The second kappa shape index (κ2) is 6.98. The summed E-state index contributed by atoms with van der Waals surface area (Å²) in [5, 5.41) is 0. The lowest BCUT2D eigenvalue weighted by Crippen LogP contribution is -2.56. The molecule has 3 heterocycles. The van der Waals surface area contributed by atoms with E-state index in [4.69, 9.17) is 0 Å². The number of hydrogen-bond acceptors (Lipinski definition) is 3. The fourth-order valence-electron chi connectivity index (χ4n) is 4.86. The number of alkyl halides is 2. The quantitative estimate of drug-likeness (QED) is 0.445. The van der Waals surface area contributed by atoms with Crippen LogP contribution in [0.2, 0.25) is 0 Å². The molecule has 2 aromatic heterocycles. The van der Waals surface area contributed by atoms with Crippen molar-refractivity contribution in [1.29, 1.82) is 0 Å². The number of amides is 1. The first kappa shape index (κ1) is 19.2. The number of nitrogens with zero attached hydrogens (tertiary/aromatic N) is 4. The van der Waals surface area contributed by atoms with E-state index in [-0.39, 0.29) is 23.6 Å². The first-order valence-electron chi connectivity index (χ1n) is 10.7. The minimum Gasteiger partial charge on any atom is -0.345 e. The number of carbonyl (C=O) groups excluding carboxylic acids is 1. The van der Waals surface area contributed by atoms with E-state index >= 15 is 0 Å². The highest BCUT2D eigenvalue weighted by molar-refractivity contribution is 6.04. The molecule has 6 nitrogen and oxygen atoms in total. The van der Waals surface area contributed by atoms with Crippen LogP contribution >= 0.6 is 0 Å². The van der Waals surface area contributed by atoms with Crippen molar-refractivity contribution in [3.05, 3.63) is 72.1 Å². The van der Waals surface area contributed by atoms with Crippen molar-refractivity contribution >= 4 is 22.6 Å². The third kappa shape index (κ3) is 2.93. The second-order valence-corrected chi connectivity index (χ2v) is 8.67. The molecule has 2 fully saturated rings. The van der Waals surface area contributed by atoms with Crippen molar-refractivity contribution in [3.63, 3.8) is 0 Å². The highest BCUT2D eigenvalue weighted by Crippen LogP contribution is 2.54. The molecule has 1 saturated carbocycles. The van der Waals surface area contributed by atoms with Gasteiger partial charge in [-0.05, 0) is 67.1 Å². The molecule has 1 N–H and O–H groups in total. The van der Waals surface area contributed by atoms with Crippen molar-refractivity contribution in [2.24, 2.45) is 11.8 Å². The summed E-state index contributed by atoms with van der Waals surface area (Å²) in [5.41, 5.74) is 5.22. The normalized spacial score (nSPS) is 20.9. The SMILES string of the molecule is Cc1cc(-n2cnc(C(F)F)c2)ccc1[C@H]1[C@@H](C2CC2)C(=O)N1c1ccc2[nH]cnc2c1. The molecule has 0 radical (unpaired) electrons. The van der Waals surface area contributed by atoms with Gasteiger partial charge in [0.25, 0.3) is 6.43 Å². The molecule has 2 aromatic carbocycles. The van der Waals surface area contributed by atoms with Gasteiger partial charge in [-0.3, -0.25) is 4.79 Å². The van der Waals surface area contributed by atoms with Gasteiger partial charge in [-0.1, -0.05) is 6.07 Å².